The van der Waals surface area contributed by atoms with Crippen LogP contribution in [0.4, 0.5) is 0 Å². The molecule has 0 bridgehead atoms. The summed E-state index contributed by atoms with van der Waals surface area (Å²) < 4.78 is 72.6. The summed E-state index contributed by atoms with van der Waals surface area (Å²) in [6, 6.07) is 0. The van der Waals surface area contributed by atoms with E-state index >= 15 is 0 Å². The van der Waals surface area contributed by atoms with Crippen molar-refractivity contribution in [3.8, 4) is 0 Å². The third-order valence-electron chi connectivity index (χ3n) is 0.966. The number of hydrogen-bond donors (Lipinski definition) is 1. The molecule has 0 saturated heterocycles. The zero-order valence-electron chi connectivity index (χ0n) is 7.56. The number of imidazole rings is 1. The molecule has 1 aromatic rings. The molecule has 0 radical (unpaired) electrons. The van der Waals surface area contributed by atoms with Crippen molar-refractivity contribution >= 4 is 32.2 Å². The van der Waals surface area contributed by atoms with Gasteiger partial charge in [-0.15, -0.1) is 3.63 Å². The van der Waals surface area contributed by atoms with Crippen molar-refractivity contribution < 1.29 is 37.1 Å². The molecular weight excluding hydrogens is 304 g/mol. The molecule has 0 saturated carbocycles. The highest BCUT2D eigenvalue weighted by atomic mass is 32.3. The first kappa shape index (κ1) is 14.0. The molecule has 17 heavy (non-hydrogen) atoms. The minimum atomic E-state index is -5.24. The highest BCUT2D eigenvalue weighted by molar-refractivity contribution is 7.99. The van der Waals surface area contributed by atoms with Crippen molar-refractivity contribution in [1.82, 2.24) is 9.71 Å². The molecule has 0 aliphatic carbocycles. The summed E-state index contributed by atoms with van der Waals surface area (Å²) >= 11 is -3.26. The number of aromatic nitrogens is 2. The number of rotatable bonds is 6. The molecule has 14 heteroatoms. The summed E-state index contributed by atoms with van der Waals surface area (Å²) in [5.74, 6) is 0. The van der Waals surface area contributed by atoms with Gasteiger partial charge in [0.25, 0.3) is 0 Å². The minimum absolute atomic E-state index is 0.515. The predicted octanol–water partition coefficient (Wildman–Crippen LogP) is -2.03. The second-order valence-electron chi connectivity index (χ2n) is 2.17. The first-order chi connectivity index (χ1) is 7.70. The molecule has 1 rings (SSSR count). The fourth-order valence-electron chi connectivity index (χ4n) is 0.593. The SMILES string of the molecule is O=S(O)OS(=O)(=O)OS(=O)(=O)On1ccnc1. The van der Waals surface area contributed by atoms with E-state index in [1.807, 2.05) is 0 Å². The van der Waals surface area contributed by atoms with Crippen molar-refractivity contribution in [2.75, 3.05) is 0 Å². The Kier molecular flexibility index (Phi) is 4.17. The lowest BCUT2D eigenvalue weighted by atomic mass is 11.0. The topological polar surface area (TPSA) is 151 Å². The molecule has 0 aromatic carbocycles. The number of nitrogens with zero attached hydrogens (tertiary/aromatic N) is 2. The van der Waals surface area contributed by atoms with E-state index in [1.54, 1.807) is 0 Å². The lowest BCUT2D eigenvalue weighted by Gasteiger charge is -2.04. The molecule has 0 aliphatic heterocycles. The van der Waals surface area contributed by atoms with Gasteiger partial charge in [0.1, 0.15) is 6.33 Å². The van der Waals surface area contributed by atoms with Crippen molar-refractivity contribution in [3.63, 3.8) is 0 Å². The Labute approximate surface area is 98.0 Å². The molecule has 1 aromatic heterocycles. The molecular formula is C3H4N2O9S3. The third-order valence-corrected chi connectivity index (χ3v) is 3.79. The monoisotopic (exact) mass is 308 g/mol. The lowest BCUT2D eigenvalue weighted by molar-refractivity contribution is 0.239. The largest absolute Gasteiger partial charge is 0.484 e. The van der Waals surface area contributed by atoms with E-state index in [-0.39, 0.29) is 0 Å². The van der Waals surface area contributed by atoms with Crippen LogP contribution in [0.1, 0.15) is 0 Å². The molecule has 1 atom stereocenters. The molecule has 11 nitrogen and oxygen atoms in total. The highest BCUT2D eigenvalue weighted by Crippen LogP contribution is 2.04. The van der Waals surface area contributed by atoms with Gasteiger partial charge in [-0.1, -0.05) is 3.63 Å². The Bertz CT molecular complexity index is 585. The smallest absolute Gasteiger partial charge is 0.283 e. The van der Waals surface area contributed by atoms with Gasteiger partial charge in [0.05, 0.1) is 6.20 Å². The Hall–Kier alpha value is -1.06. The van der Waals surface area contributed by atoms with E-state index in [0.717, 1.165) is 18.7 Å². The zero-order valence-corrected chi connectivity index (χ0v) is 10.0. The van der Waals surface area contributed by atoms with Gasteiger partial charge in [0.2, 0.25) is 0 Å². The van der Waals surface area contributed by atoms with E-state index in [9.17, 15) is 21.0 Å². The third kappa shape index (κ3) is 5.20. The normalized spacial score (nSPS) is 14.4. The molecule has 0 spiro atoms. The molecule has 98 valence electrons. The molecule has 0 amide bonds. The average Bonchev–Trinajstić information content (AvgIpc) is 2.49. The Morgan fingerprint density at radius 3 is 2.35 bits per heavy atom. The fourth-order valence-corrected chi connectivity index (χ4v) is 2.67. The van der Waals surface area contributed by atoms with Crippen LogP contribution in [-0.4, -0.2) is 35.3 Å². The van der Waals surface area contributed by atoms with Crippen LogP contribution in [0.3, 0.4) is 0 Å². The van der Waals surface area contributed by atoms with Crippen LogP contribution in [0.25, 0.3) is 0 Å². The fraction of sp³-hybridized carbons (Fsp3) is 0. The summed E-state index contributed by atoms with van der Waals surface area (Å²) in [6.45, 7) is 0. The van der Waals surface area contributed by atoms with Gasteiger partial charge in [-0.2, -0.15) is 25.8 Å². The van der Waals surface area contributed by atoms with Gasteiger partial charge in [-0.25, -0.2) is 4.98 Å². The van der Waals surface area contributed by atoms with Crippen LogP contribution in [0, 0.1) is 0 Å². The van der Waals surface area contributed by atoms with Crippen LogP contribution in [-0.2, 0) is 39.4 Å². The Morgan fingerprint density at radius 1 is 1.24 bits per heavy atom. The first-order valence-corrected chi connectivity index (χ1v) is 7.10. The maximum atomic E-state index is 11.0. The quantitative estimate of drug-likeness (QED) is 0.582. The van der Waals surface area contributed by atoms with Crippen LogP contribution < -0.4 is 4.28 Å². The van der Waals surface area contributed by atoms with Gasteiger partial charge < -0.3 is 0 Å². The maximum Gasteiger partial charge on any atom is 0.484 e. The van der Waals surface area contributed by atoms with Gasteiger partial charge in [0, 0.05) is 6.20 Å². The number of hydrogen-bond acceptors (Lipinski definition) is 9. The lowest BCUT2D eigenvalue weighted by Crippen LogP contribution is -2.25. The van der Waals surface area contributed by atoms with E-state index in [2.05, 4.69) is 16.5 Å². The Morgan fingerprint density at radius 2 is 1.88 bits per heavy atom. The predicted molar refractivity (Wildman–Crippen MR) is 49.6 cm³/mol. The zero-order chi connectivity index (χ0) is 13.1. The van der Waals surface area contributed by atoms with Crippen LogP contribution in [0.5, 0.6) is 0 Å². The second kappa shape index (κ2) is 5.07. The molecule has 1 unspecified atom stereocenters. The van der Waals surface area contributed by atoms with Crippen LogP contribution in [0.15, 0.2) is 18.7 Å². The average molecular weight is 308 g/mol. The maximum absolute atomic E-state index is 11.0. The summed E-state index contributed by atoms with van der Waals surface area (Å²) in [6.07, 6.45) is 3.06. The first-order valence-electron chi connectivity index (χ1n) is 3.40. The molecule has 1 heterocycles. The van der Waals surface area contributed by atoms with Gasteiger partial charge in [0.15, 0.2) is 0 Å². The van der Waals surface area contributed by atoms with E-state index in [0.29, 0.717) is 4.73 Å². The second-order valence-corrected chi connectivity index (χ2v) is 5.47. The van der Waals surface area contributed by atoms with Gasteiger partial charge in [-0.05, 0) is 0 Å². The van der Waals surface area contributed by atoms with Gasteiger partial charge in [-0.3, -0.25) is 8.84 Å². The van der Waals surface area contributed by atoms with Crippen molar-refractivity contribution in [2.24, 2.45) is 0 Å². The van der Waals surface area contributed by atoms with E-state index < -0.39 is 32.2 Å². The molecule has 1 N–H and O–H groups in total. The summed E-state index contributed by atoms with van der Waals surface area (Å²) in [5, 5.41) is 0. The minimum Gasteiger partial charge on any atom is -0.283 e. The van der Waals surface area contributed by atoms with Crippen molar-refractivity contribution in [1.29, 1.82) is 0 Å². The summed E-state index contributed by atoms with van der Waals surface area (Å²) in [5.41, 5.74) is 0. The summed E-state index contributed by atoms with van der Waals surface area (Å²) in [4.78, 5) is 3.40. The molecule has 0 fully saturated rings. The standard InChI is InChI=1S/C3H4N2O9S3/c6-15(7)13-17(10,11)14-16(8,9)12-5-2-1-4-3-5/h1-3H,(H,6,7). The van der Waals surface area contributed by atoms with E-state index in [4.69, 9.17) is 4.55 Å². The van der Waals surface area contributed by atoms with Crippen molar-refractivity contribution in [3.05, 3.63) is 18.7 Å². The Balaban J connectivity index is 2.77. The van der Waals surface area contributed by atoms with Crippen LogP contribution in [0.2, 0.25) is 0 Å². The van der Waals surface area contributed by atoms with E-state index in [1.165, 1.54) is 0 Å². The van der Waals surface area contributed by atoms with Crippen molar-refractivity contribution in [2.45, 2.75) is 0 Å². The van der Waals surface area contributed by atoms with Crippen LogP contribution >= 0.6 is 0 Å². The van der Waals surface area contributed by atoms with Gasteiger partial charge >= 0.3 is 32.2 Å². The summed E-state index contributed by atoms with van der Waals surface area (Å²) in [7, 11) is -10.3. The molecule has 0 aliphatic rings. The highest BCUT2D eigenvalue weighted by Gasteiger charge is 2.28.